The molecule has 0 aromatic heterocycles. The Morgan fingerprint density at radius 3 is 2.37 bits per heavy atom. The van der Waals surface area contributed by atoms with E-state index in [4.69, 9.17) is 14.2 Å². The Bertz CT molecular complexity index is 997. The summed E-state index contributed by atoms with van der Waals surface area (Å²) in [5, 5.41) is 72.5. The molecule has 4 aliphatic carbocycles. The van der Waals surface area contributed by atoms with Crippen LogP contribution in [0.2, 0.25) is 0 Å². The third-order valence-corrected chi connectivity index (χ3v) is 13.8. The molecule has 2 heterocycles. The van der Waals surface area contributed by atoms with E-state index in [9.17, 15) is 35.7 Å². The van der Waals surface area contributed by atoms with Gasteiger partial charge in [-0.3, -0.25) is 0 Å². The lowest BCUT2D eigenvalue weighted by Crippen LogP contribution is -2.59. The van der Waals surface area contributed by atoms with Gasteiger partial charge >= 0.3 is 0 Å². The fourth-order valence-corrected chi connectivity index (χ4v) is 11.3. The Balaban J connectivity index is 1.06. The van der Waals surface area contributed by atoms with Crippen molar-refractivity contribution >= 4 is 0 Å². The smallest absolute Gasteiger partial charge is 0.186 e. The molecule has 43 heavy (non-hydrogen) atoms. The van der Waals surface area contributed by atoms with E-state index in [-0.39, 0.29) is 41.3 Å². The van der Waals surface area contributed by atoms with Crippen molar-refractivity contribution in [1.82, 2.24) is 0 Å². The Morgan fingerprint density at radius 1 is 0.907 bits per heavy atom. The summed E-state index contributed by atoms with van der Waals surface area (Å²) in [6.45, 7) is 8.67. The van der Waals surface area contributed by atoms with Gasteiger partial charge in [0.1, 0.15) is 24.4 Å². The van der Waals surface area contributed by atoms with Gasteiger partial charge in [-0.05, 0) is 97.7 Å². The third-order valence-electron chi connectivity index (χ3n) is 13.8. The van der Waals surface area contributed by atoms with Crippen molar-refractivity contribution in [2.45, 2.75) is 140 Å². The molecule has 6 aliphatic rings. The molecule has 6 fully saturated rings. The minimum atomic E-state index is -1.47. The first-order valence-corrected chi connectivity index (χ1v) is 16.9. The minimum Gasteiger partial charge on any atom is -0.394 e. The van der Waals surface area contributed by atoms with Crippen molar-refractivity contribution < 1.29 is 50.0 Å². The molecule has 0 radical (unpaired) electrons. The van der Waals surface area contributed by atoms with Crippen molar-refractivity contribution in [3.63, 3.8) is 0 Å². The van der Waals surface area contributed by atoms with E-state index in [1.807, 2.05) is 6.92 Å². The van der Waals surface area contributed by atoms with Crippen LogP contribution in [0, 0.1) is 52.3 Å². The molecular weight excluding hydrogens is 556 g/mol. The SMILES string of the molecule is CC(CCC1(O)OC2CC3C4CCC5CC(O)C(O)CC5(C)C4CCC3(C)C2C1C)COC1OC(CO)C(O)C(O)C1O. The molecule has 0 amide bonds. The predicted octanol–water partition coefficient (Wildman–Crippen LogP) is 1.54. The maximum Gasteiger partial charge on any atom is 0.186 e. The zero-order chi connectivity index (χ0) is 31.1. The van der Waals surface area contributed by atoms with Crippen LogP contribution in [0.25, 0.3) is 0 Å². The number of rotatable bonds is 7. The molecule has 18 atom stereocenters. The Labute approximate surface area is 255 Å². The van der Waals surface area contributed by atoms with Crippen molar-refractivity contribution in [2.24, 2.45) is 52.3 Å². The molecule has 10 nitrogen and oxygen atoms in total. The molecule has 18 unspecified atom stereocenters. The number of hydrogen-bond donors (Lipinski definition) is 7. The second-order valence-electron chi connectivity index (χ2n) is 16.0. The fraction of sp³-hybridized carbons (Fsp3) is 1.00. The molecule has 10 heteroatoms. The van der Waals surface area contributed by atoms with Gasteiger partial charge in [0.05, 0.1) is 31.5 Å². The van der Waals surface area contributed by atoms with Crippen molar-refractivity contribution in [2.75, 3.05) is 13.2 Å². The van der Waals surface area contributed by atoms with Gasteiger partial charge in [-0.15, -0.1) is 0 Å². The summed E-state index contributed by atoms with van der Waals surface area (Å²) >= 11 is 0. The quantitative estimate of drug-likeness (QED) is 0.224. The van der Waals surface area contributed by atoms with Gasteiger partial charge in [-0.1, -0.05) is 27.7 Å². The third kappa shape index (κ3) is 5.24. The van der Waals surface area contributed by atoms with Gasteiger partial charge < -0.3 is 50.0 Å². The number of aliphatic hydroxyl groups is 7. The zero-order valence-corrected chi connectivity index (χ0v) is 26.3. The zero-order valence-electron chi connectivity index (χ0n) is 26.3. The molecule has 2 saturated heterocycles. The number of aliphatic hydroxyl groups excluding tert-OH is 6. The average Bonchev–Trinajstić information content (AvgIpc) is 3.40. The summed E-state index contributed by atoms with van der Waals surface area (Å²) in [7, 11) is 0. The van der Waals surface area contributed by atoms with Gasteiger partial charge in [0.2, 0.25) is 0 Å². The van der Waals surface area contributed by atoms with Crippen LogP contribution in [0.3, 0.4) is 0 Å². The topological polar surface area (TPSA) is 169 Å². The number of hydrogen-bond acceptors (Lipinski definition) is 10. The summed E-state index contributed by atoms with van der Waals surface area (Å²) in [6, 6.07) is 0. The molecule has 2 aliphatic heterocycles. The molecule has 4 saturated carbocycles. The molecule has 0 aromatic carbocycles. The second-order valence-corrected chi connectivity index (χ2v) is 16.0. The Hall–Kier alpha value is -0.400. The maximum atomic E-state index is 11.8. The van der Waals surface area contributed by atoms with E-state index in [1.165, 1.54) is 6.42 Å². The van der Waals surface area contributed by atoms with E-state index in [1.54, 1.807) is 0 Å². The predicted molar refractivity (Wildman–Crippen MR) is 155 cm³/mol. The highest BCUT2D eigenvalue weighted by molar-refractivity contribution is 5.15. The van der Waals surface area contributed by atoms with Crippen LogP contribution in [0.1, 0.15) is 85.5 Å². The summed E-state index contributed by atoms with van der Waals surface area (Å²) in [5.74, 6) is 1.23. The standard InChI is InChI=1S/C33H56O10/c1-16(15-41-30-29(39)28(38)27(37)25(14-34)42-30)7-10-33(40)17(2)26-24(43-33)12-21-19-6-5-18-11-22(35)23(36)13-32(18,4)20(19)8-9-31(21,26)3/h16-30,34-40H,5-15H2,1-4H3. The van der Waals surface area contributed by atoms with Crippen LogP contribution in [-0.4, -0.2) is 104 Å². The molecular formula is C33H56O10. The highest BCUT2D eigenvalue weighted by Crippen LogP contribution is 2.70. The number of fused-ring (bicyclic) bond motifs is 7. The highest BCUT2D eigenvalue weighted by atomic mass is 16.7. The Kier molecular flexibility index (Phi) is 8.84. The van der Waals surface area contributed by atoms with Crippen molar-refractivity contribution in [3.8, 4) is 0 Å². The summed E-state index contributed by atoms with van der Waals surface area (Å²) in [4.78, 5) is 0. The minimum absolute atomic E-state index is 0.00620. The maximum absolute atomic E-state index is 11.8. The largest absolute Gasteiger partial charge is 0.394 e. The number of ether oxygens (including phenoxy) is 3. The Morgan fingerprint density at radius 2 is 1.65 bits per heavy atom. The normalized spacial score (nSPS) is 57.0. The first kappa shape index (κ1) is 32.5. The lowest BCUT2D eigenvalue weighted by molar-refractivity contribution is -0.303. The van der Waals surface area contributed by atoms with E-state index < -0.39 is 55.3 Å². The molecule has 6 rings (SSSR count). The molecule has 0 spiro atoms. The summed E-state index contributed by atoms with van der Waals surface area (Å²) < 4.78 is 17.8. The van der Waals surface area contributed by atoms with Gasteiger partial charge in [0.15, 0.2) is 12.1 Å². The van der Waals surface area contributed by atoms with Crippen molar-refractivity contribution in [3.05, 3.63) is 0 Å². The second kappa shape index (κ2) is 11.7. The lowest BCUT2D eigenvalue weighted by atomic mass is 9.44. The van der Waals surface area contributed by atoms with E-state index in [0.717, 1.165) is 25.7 Å². The van der Waals surface area contributed by atoms with Crippen LogP contribution in [-0.2, 0) is 14.2 Å². The summed E-state index contributed by atoms with van der Waals surface area (Å²) in [5.41, 5.74) is 0.172. The van der Waals surface area contributed by atoms with E-state index >= 15 is 0 Å². The van der Waals surface area contributed by atoms with Gasteiger partial charge in [-0.2, -0.15) is 0 Å². The van der Waals surface area contributed by atoms with Crippen LogP contribution < -0.4 is 0 Å². The van der Waals surface area contributed by atoms with Gasteiger partial charge in [0, 0.05) is 12.3 Å². The average molecular weight is 613 g/mol. The molecule has 0 bridgehead atoms. The van der Waals surface area contributed by atoms with Crippen molar-refractivity contribution in [1.29, 1.82) is 0 Å². The van der Waals surface area contributed by atoms with Gasteiger partial charge in [-0.25, -0.2) is 0 Å². The lowest BCUT2D eigenvalue weighted by Gasteiger charge is -2.61. The van der Waals surface area contributed by atoms with E-state index in [2.05, 4.69) is 20.8 Å². The first-order chi connectivity index (χ1) is 20.2. The monoisotopic (exact) mass is 612 g/mol. The fourth-order valence-electron chi connectivity index (χ4n) is 11.3. The highest BCUT2D eigenvalue weighted by Gasteiger charge is 2.68. The van der Waals surface area contributed by atoms with Gasteiger partial charge in [0.25, 0.3) is 0 Å². The molecule has 0 aromatic rings. The van der Waals surface area contributed by atoms with Crippen LogP contribution in [0.5, 0.6) is 0 Å². The van der Waals surface area contributed by atoms with E-state index in [0.29, 0.717) is 49.4 Å². The first-order valence-electron chi connectivity index (χ1n) is 16.9. The van der Waals surface area contributed by atoms with Crippen LogP contribution in [0.4, 0.5) is 0 Å². The van der Waals surface area contributed by atoms with Crippen LogP contribution in [0.15, 0.2) is 0 Å². The molecule has 248 valence electrons. The summed E-state index contributed by atoms with van der Waals surface area (Å²) in [6.07, 6.45) is 0.335. The van der Waals surface area contributed by atoms with Crippen LogP contribution >= 0.6 is 0 Å². The molecule has 7 N–H and O–H groups in total.